The fourth-order valence-electron chi connectivity index (χ4n) is 2.93. The molecule has 1 aromatic carbocycles. The molecule has 0 saturated heterocycles. The maximum Gasteiger partial charge on any atom is 0.407 e. The average molecular weight is 414 g/mol. The third-order valence-corrected chi connectivity index (χ3v) is 4.40. The van der Waals surface area contributed by atoms with Gasteiger partial charge >= 0.3 is 6.09 Å². The van der Waals surface area contributed by atoms with Gasteiger partial charge in [0.05, 0.1) is 6.54 Å². The SMILES string of the molecule is CN1C(=O)c2c(OCc3ccccc3)c(=O)ccn2NC1CNC(=O)OC(C)(C)C. The van der Waals surface area contributed by atoms with Crippen molar-refractivity contribution in [3.05, 3.63) is 64.1 Å². The molecule has 9 nitrogen and oxygen atoms in total. The van der Waals surface area contributed by atoms with E-state index in [-0.39, 0.29) is 30.0 Å². The van der Waals surface area contributed by atoms with Crippen molar-refractivity contribution in [2.45, 2.75) is 39.1 Å². The van der Waals surface area contributed by atoms with Crippen molar-refractivity contribution < 1.29 is 19.1 Å². The number of nitrogens with one attached hydrogen (secondary N) is 2. The van der Waals surface area contributed by atoms with Crippen LogP contribution in [0, 0.1) is 0 Å². The quantitative estimate of drug-likeness (QED) is 0.775. The minimum absolute atomic E-state index is 0.0238. The van der Waals surface area contributed by atoms with Gasteiger partial charge in [-0.25, -0.2) is 4.79 Å². The van der Waals surface area contributed by atoms with Crippen LogP contribution in [0.25, 0.3) is 0 Å². The number of likely N-dealkylation sites (N-methyl/N-ethyl adjacent to an activating group) is 1. The molecule has 2 aromatic rings. The van der Waals surface area contributed by atoms with E-state index in [0.717, 1.165) is 5.56 Å². The Kier molecular flexibility index (Phi) is 6.00. The summed E-state index contributed by atoms with van der Waals surface area (Å²) in [6.45, 7) is 5.58. The van der Waals surface area contributed by atoms with Crippen molar-refractivity contribution in [3.8, 4) is 5.75 Å². The topological polar surface area (TPSA) is 102 Å². The molecule has 1 aromatic heterocycles. The number of benzene rings is 1. The molecule has 0 fully saturated rings. The Bertz CT molecular complexity index is 981. The van der Waals surface area contributed by atoms with Gasteiger partial charge in [-0.05, 0) is 26.3 Å². The van der Waals surface area contributed by atoms with Crippen LogP contribution in [0.5, 0.6) is 5.75 Å². The van der Waals surface area contributed by atoms with Crippen LogP contribution in [0.2, 0.25) is 0 Å². The molecule has 2 N–H and O–H groups in total. The van der Waals surface area contributed by atoms with Gasteiger partial charge < -0.3 is 25.1 Å². The Hall–Kier alpha value is -3.49. The molecule has 1 unspecified atom stereocenters. The van der Waals surface area contributed by atoms with Crippen molar-refractivity contribution in [2.75, 3.05) is 19.0 Å². The van der Waals surface area contributed by atoms with E-state index in [1.165, 1.54) is 21.8 Å². The Morgan fingerprint density at radius 2 is 1.87 bits per heavy atom. The number of hydrogen-bond acceptors (Lipinski definition) is 6. The van der Waals surface area contributed by atoms with Crippen LogP contribution in [-0.4, -0.2) is 46.9 Å². The first-order valence-corrected chi connectivity index (χ1v) is 9.58. The Balaban J connectivity index is 1.76. The van der Waals surface area contributed by atoms with Crippen molar-refractivity contribution in [1.82, 2.24) is 14.9 Å². The summed E-state index contributed by atoms with van der Waals surface area (Å²) in [6.07, 6.45) is 0.350. The summed E-state index contributed by atoms with van der Waals surface area (Å²) in [6, 6.07) is 10.7. The van der Waals surface area contributed by atoms with Crippen molar-refractivity contribution in [2.24, 2.45) is 0 Å². The maximum atomic E-state index is 13.0. The second-order valence-electron chi connectivity index (χ2n) is 7.95. The van der Waals surface area contributed by atoms with Gasteiger partial charge in [-0.2, -0.15) is 0 Å². The molecule has 160 valence electrons. The van der Waals surface area contributed by atoms with Gasteiger partial charge in [0.2, 0.25) is 5.43 Å². The number of hydrogen-bond donors (Lipinski definition) is 2. The van der Waals surface area contributed by atoms with Crippen LogP contribution >= 0.6 is 0 Å². The first-order valence-electron chi connectivity index (χ1n) is 9.58. The van der Waals surface area contributed by atoms with Crippen molar-refractivity contribution in [3.63, 3.8) is 0 Å². The highest BCUT2D eigenvalue weighted by Gasteiger charge is 2.33. The highest BCUT2D eigenvalue weighted by molar-refractivity contribution is 5.96. The summed E-state index contributed by atoms with van der Waals surface area (Å²) in [7, 11) is 1.58. The molecule has 1 aliphatic heterocycles. The number of amides is 2. The van der Waals surface area contributed by atoms with E-state index in [2.05, 4.69) is 10.7 Å². The van der Waals surface area contributed by atoms with E-state index in [0.29, 0.717) is 0 Å². The minimum atomic E-state index is -0.622. The summed E-state index contributed by atoms with van der Waals surface area (Å²) in [5.74, 6) is -0.422. The highest BCUT2D eigenvalue weighted by atomic mass is 16.6. The van der Waals surface area contributed by atoms with E-state index < -0.39 is 23.8 Å². The smallest absolute Gasteiger partial charge is 0.407 e. The molecular formula is C21H26N4O5. The maximum absolute atomic E-state index is 13.0. The fourth-order valence-corrected chi connectivity index (χ4v) is 2.93. The molecule has 1 atom stereocenters. The predicted molar refractivity (Wildman–Crippen MR) is 111 cm³/mol. The Morgan fingerprint density at radius 1 is 1.17 bits per heavy atom. The number of rotatable bonds is 5. The molecule has 0 saturated carbocycles. The number of pyridine rings is 1. The molecule has 2 heterocycles. The summed E-state index contributed by atoms with van der Waals surface area (Å²) in [5.41, 5.74) is 3.07. The zero-order valence-corrected chi connectivity index (χ0v) is 17.5. The second kappa shape index (κ2) is 8.48. The summed E-state index contributed by atoms with van der Waals surface area (Å²) >= 11 is 0. The van der Waals surface area contributed by atoms with Gasteiger partial charge in [-0.3, -0.25) is 14.3 Å². The highest BCUT2D eigenvalue weighted by Crippen LogP contribution is 2.21. The first kappa shape index (κ1) is 21.2. The zero-order valence-electron chi connectivity index (χ0n) is 17.5. The Morgan fingerprint density at radius 3 is 2.53 bits per heavy atom. The van der Waals surface area contributed by atoms with E-state index in [9.17, 15) is 14.4 Å². The number of ether oxygens (including phenoxy) is 2. The lowest BCUT2D eigenvalue weighted by atomic mass is 10.2. The summed E-state index contributed by atoms with van der Waals surface area (Å²) in [4.78, 5) is 38.7. The van der Waals surface area contributed by atoms with Crippen LogP contribution in [0.1, 0.15) is 36.8 Å². The van der Waals surface area contributed by atoms with Gasteiger partial charge in [0, 0.05) is 19.3 Å². The van der Waals surface area contributed by atoms with E-state index in [4.69, 9.17) is 9.47 Å². The molecule has 30 heavy (non-hydrogen) atoms. The lowest BCUT2D eigenvalue weighted by molar-refractivity contribution is 0.0492. The standard InChI is InChI=1S/C21H26N4O5/c1-21(2,3)30-20(28)22-12-16-23-25-11-10-15(26)18(17(25)19(27)24(16)4)29-13-14-8-6-5-7-9-14/h5-11,16,23H,12-13H2,1-4H3,(H,22,28). The third-order valence-electron chi connectivity index (χ3n) is 4.40. The van der Waals surface area contributed by atoms with Gasteiger partial charge in [0.1, 0.15) is 18.4 Å². The van der Waals surface area contributed by atoms with Gasteiger partial charge in [-0.1, -0.05) is 30.3 Å². The van der Waals surface area contributed by atoms with Crippen LogP contribution in [-0.2, 0) is 11.3 Å². The minimum Gasteiger partial charge on any atom is -0.482 e. The predicted octanol–water partition coefficient (Wildman–Crippen LogP) is 1.91. The molecule has 0 aliphatic carbocycles. The summed E-state index contributed by atoms with van der Waals surface area (Å²) < 4.78 is 12.4. The molecule has 0 bridgehead atoms. The molecule has 9 heteroatoms. The second-order valence-corrected chi connectivity index (χ2v) is 7.95. The zero-order chi connectivity index (χ0) is 21.9. The normalized spacial score (nSPS) is 15.8. The fraction of sp³-hybridized carbons (Fsp3) is 0.381. The largest absolute Gasteiger partial charge is 0.482 e. The molecule has 2 amide bonds. The average Bonchev–Trinajstić information content (AvgIpc) is 2.68. The molecule has 1 aliphatic rings. The first-order chi connectivity index (χ1) is 14.2. The molecule has 0 spiro atoms. The lowest BCUT2D eigenvalue weighted by Gasteiger charge is -2.36. The van der Waals surface area contributed by atoms with Gasteiger partial charge in [0.25, 0.3) is 5.91 Å². The Labute approximate surface area is 174 Å². The van der Waals surface area contributed by atoms with Crippen molar-refractivity contribution >= 4 is 12.0 Å². The van der Waals surface area contributed by atoms with Crippen LogP contribution in [0.3, 0.4) is 0 Å². The number of carbonyl (C=O) groups excluding carboxylic acids is 2. The lowest BCUT2D eigenvalue weighted by Crippen LogP contribution is -2.56. The number of nitrogens with zero attached hydrogens (tertiary/aromatic N) is 2. The number of fused-ring (bicyclic) bond motifs is 1. The third kappa shape index (κ3) is 4.91. The van der Waals surface area contributed by atoms with E-state index in [1.54, 1.807) is 27.8 Å². The summed E-state index contributed by atoms with van der Waals surface area (Å²) in [5, 5.41) is 2.64. The number of carbonyl (C=O) groups is 2. The van der Waals surface area contributed by atoms with Gasteiger partial charge in [0.15, 0.2) is 11.4 Å². The molecule has 0 radical (unpaired) electrons. The number of alkyl carbamates (subject to hydrolysis) is 1. The van der Waals surface area contributed by atoms with Crippen LogP contribution < -0.4 is 20.9 Å². The number of aromatic nitrogens is 1. The van der Waals surface area contributed by atoms with Crippen LogP contribution in [0.4, 0.5) is 4.79 Å². The monoisotopic (exact) mass is 414 g/mol. The van der Waals surface area contributed by atoms with Gasteiger partial charge in [-0.15, -0.1) is 0 Å². The van der Waals surface area contributed by atoms with Crippen molar-refractivity contribution in [1.29, 1.82) is 0 Å². The molecule has 3 rings (SSSR count). The van der Waals surface area contributed by atoms with Crippen LogP contribution in [0.15, 0.2) is 47.4 Å². The molecular weight excluding hydrogens is 388 g/mol. The van der Waals surface area contributed by atoms with E-state index >= 15 is 0 Å². The van der Waals surface area contributed by atoms with E-state index in [1.807, 2.05) is 30.3 Å².